The molecule has 1 amide bonds. The van der Waals surface area contributed by atoms with Crippen molar-refractivity contribution in [3.63, 3.8) is 0 Å². The van der Waals surface area contributed by atoms with Gasteiger partial charge in [-0.15, -0.1) is 0 Å². The minimum atomic E-state index is -0.151. The Morgan fingerprint density at radius 1 is 1.02 bits per heavy atom. The number of pyridine rings is 1. The highest BCUT2D eigenvalue weighted by Crippen LogP contribution is 2.30. The Bertz CT molecular complexity index is 1700. The van der Waals surface area contributed by atoms with Gasteiger partial charge in [-0.3, -0.25) is 24.1 Å². The number of fused-ring (bicyclic) bond motifs is 3. The van der Waals surface area contributed by atoms with Gasteiger partial charge in [0.1, 0.15) is 0 Å². The zero-order valence-corrected chi connectivity index (χ0v) is 25.8. The Morgan fingerprint density at radius 2 is 1.82 bits per heavy atom. The van der Waals surface area contributed by atoms with E-state index in [9.17, 15) is 9.59 Å². The molecule has 1 aromatic carbocycles. The molecule has 1 unspecified atom stereocenters. The van der Waals surface area contributed by atoms with E-state index in [1.54, 1.807) is 6.20 Å². The zero-order valence-electron chi connectivity index (χ0n) is 25.8. The number of morpholine rings is 1. The minimum Gasteiger partial charge on any atom is -0.381 e. The van der Waals surface area contributed by atoms with Gasteiger partial charge in [-0.1, -0.05) is 0 Å². The Hall–Kier alpha value is -3.51. The monoisotopic (exact) mass is 601 g/mol. The normalized spacial score (nSPS) is 21.0. The molecule has 1 atom stereocenters. The summed E-state index contributed by atoms with van der Waals surface area (Å²) in [7, 11) is 0. The van der Waals surface area contributed by atoms with Gasteiger partial charge in [0.2, 0.25) is 0 Å². The Labute approximate surface area is 257 Å². The fourth-order valence-corrected chi connectivity index (χ4v) is 7.11. The van der Waals surface area contributed by atoms with E-state index in [-0.39, 0.29) is 23.6 Å². The van der Waals surface area contributed by atoms with Gasteiger partial charge in [-0.05, 0) is 56.5 Å². The highest BCUT2D eigenvalue weighted by atomic mass is 16.5. The average molecular weight is 602 g/mol. The number of aromatic nitrogens is 4. The molecule has 0 saturated carbocycles. The van der Waals surface area contributed by atoms with E-state index < -0.39 is 0 Å². The molecule has 1 N–H and O–H groups in total. The van der Waals surface area contributed by atoms with E-state index in [1.807, 2.05) is 28.6 Å². The summed E-state index contributed by atoms with van der Waals surface area (Å²) in [5.41, 5.74) is 4.25. The van der Waals surface area contributed by atoms with Gasteiger partial charge in [-0.25, -0.2) is 0 Å². The number of ether oxygens (including phenoxy) is 2. The van der Waals surface area contributed by atoms with Crippen LogP contribution in [0.5, 0.6) is 0 Å². The number of amides is 1. The van der Waals surface area contributed by atoms with Gasteiger partial charge < -0.3 is 23.9 Å². The third-order valence-corrected chi connectivity index (χ3v) is 9.78. The summed E-state index contributed by atoms with van der Waals surface area (Å²) in [5, 5.41) is 6.06. The van der Waals surface area contributed by atoms with Gasteiger partial charge in [0, 0.05) is 94.5 Å². The van der Waals surface area contributed by atoms with Gasteiger partial charge in [0.15, 0.2) is 0 Å². The first-order valence-corrected chi connectivity index (χ1v) is 16.1. The molecule has 3 saturated heterocycles. The number of rotatable bonds is 7. The lowest BCUT2D eigenvalue weighted by atomic mass is 10.0. The highest BCUT2D eigenvalue weighted by Gasteiger charge is 2.29. The molecule has 11 nitrogen and oxygen atoms in total. The predicted molar refractivity (Wildman–Crippen MR) is 169 cm³/mol. The lowest BCUT2D eigenvalue weighted by Gasteiger charge is -2.40. The molecule has 0 radical (unpaired) electrons. The summed E-state index contributed by atoms with van der Waals surface area (Å²) in [6.07, 6.45) is 5.54. The fourth-order valence-electron chi connectivity index (χ4n) is 7.11. The number of piperazine rings is 1. The van der Waals surface area contributed by atoms with E-state index in [0.717, 1.165) is 87.3 Å². The minimum absolute atomic E-state index is 0.0428. The SMILES string of the molecule is Cc1cc2[nH]c(=O)c3cnn(C4CCOCC4)c3c2cc1C(=O)N1CCN(Cc2cccn2CCN2CCOCC2)C(C)C1. The van der Waals surface area contributed by atoms with E-state index >= 15 is 0 Å². The van der Waals surface area contributed by atoms with Crippen molar-refractivity contribution in [1.82, 2.24) is 34.0 Å². The summed E-state index contributed by atoms with van der Waals surface area (Å²) < 4.78 is 15.4. The molecule has 7 rings (SSSR count). The van der Waals surface area contributed by atoms with Crippen molar-refractivity contribution in [2.24, 2.45) is 0 Å². The lowest BCUT2D eigenvalue weighted by molar-refractivity contribution is 0.0359. The lowest BCUT2D eigenvalue weighted by Crippen LogP contribution is -2.53. The third kappa shape index (κ3) is 5.69. The first-order chi connectivity index (χ1) is 21.5. The van der Waals surface area contributed by atoms with Crippen LogP contribution in [0.1, 0.15) is 47.4 Å². The molecule has 3 aromatic heterocycles. The van der Waals surface area contributed by atoms with Crippen molar-refractivity contribution < 1.29 is 14.3 Å². The number of carbonyl (C=O) groups excluding carboxylic acids is 1. The van der Waals surface area contributed by atoms with Crippen LogP contribution in [0.3, 0.4) is 0 Å². The summed E-state index contributed by atoms with van der Waals surface area (Å²) in [5.74, 6) is 0.0428. The summed E-state index contributed by atoms with van der Waals surface area (Å²) in [6.45, 7) is 14.2. The molecule has 0 aliphatic carbocycles. The van der Waals surface area contributed by atoms with Gasteiger partial charge in [-0.2, -0.15) is 5.10 Å². The van der Waals surface area contributed by atoms with E-state index in [4.69, 9.17) is 9.47 Å². The number of nitrogens with zero attached hydrogens (tertiary/aromatic N) is 6. The van der Waals surface area contributed by atoms with Crippen molar-refractivity contribution in [3.05, 3.63) is 63.8 Å². The van der Waals surface area contributed by atoms with E-state index in [1.165, 1.54) is 5.69 Å². The van der Waals surface area contributed by atoms with Crippen LogP contribution in [0.25, 0.3) is 21.8 Å². The molecular weight excluding hydrogens is 558 g/mol. The standard InChI is InChI=1S/C33H43N7O4/c1-23-18-30-28(31-29(32(41)35-30)20-34-40(31)25-5-14-43-15-6-25)19-27(23)33(42)39-11-10-38(24(2)21-39)22-26-4-3-7-37(26)9-8-36-12-16-44-17-13-36/h3-4,7,18-20,24-25H,5-6,8-17,21-22H2,1-2H3,(H,35,41). The smallest absolute Gasteiger partial charge is 0.259 e. The first kappa shape index (κ1) is 29.2. The second-order valence-electron chi connectivity index (χ2n) is 12.6. The van der Waals surface area contributed by atoms with Gasteiger partial charge >= 0.3 is 0 Å². The van der Waals surface area contributed by atoms with Crippen LogP contribution in [-0.2, 0) is 22.6 Å². The Kier molecular flexibility index (Phi) is 8.28. The maximum Gasteiger partial charge on any atom is 0.259 e. The van der Waals surface area contributed by atoms with Crippen molar-refractivity contribution in [2.75, 3.05) is 65.7 Å². The predicted octanol–water partition coefficient (Wildman–Crippen LogP) is 3.02. The molecule has 0 spiro atoms. The molecule has 234 valence electrons. The van der Waals surface area contributed by atoms with Crippen molar-refractivity contribution in [3.8, 4) is 0 Å². The van der Waals surface area contributed by atoms with E-state index in [0.29, 0.717) is 37.3 Å². The maximum absolute atomic E-state index is 14.0. The topological polar surface area (TPSA) is 101 Å². The third-order valence-electron chi connectivity index (χ3n) is 9.78. The van der Waals surface area contributed by atoms with Crippen molar-refractivity contribution in [2.45, 2.75) is 51.9 Å². The molecule has 44 heavy (non-hydrogen) atoms. The van der Waals surface area contributed by atoms with Crippen LogP contribution in [0, 0.1) is 6.92 Å². The summed E-state index contributed by atoms with van der Waals surface area (Å²) >= 11 is 0. The van der Waals surface area contributed by atoms with Crippen LogP contribution < -0.4 is 5.56 Å². The second-order valence-corrected chi connectivity index (χ2v) is 12.6. The molecule has 0 bridgehead atoms. The summed E-state index contributed by atoms with van der Waals surface area (Å²) in [6, 6.07) is 8.67. The fraction of sp³-hybridized carbons (Fsp3) is 0.545. The number of nitrogens with one attached hydrogen (secondary N) is 1. The molecule has 3 aliphatic heterocycles. The first-order valence-electron chi connectivity index (χ1n) is 16.1. The number of aryl methyl sites for hydroxylation is 1. The van der Waals surface area contributed by atoms with Crippen LogP contribution in [0.4, 0.5) is 0 Å². The largest absolute Gasteiger partial charge is 0.381 e. The molecule has 3 fully saturated rings. The average Bonchev–Trinajstić information content (AvgIpc) is 3.69. The molecule has 11 heteroatoms. The van der Waals surface area contributed by atoms with E-state index in [2.05, 4.69) is 49.7 Å². The van der Waals surface area contributed by atoms with Crippen LogP contribution >= 0.6 is 0 Å². The Balaban J connectivity index is 1.08. The van der Waals surface area contributed by atoms with Crippen LogP contribution in [0.15, 0.2) is 41.5 Å². The van der Waals surface area contributed by atoms with Crippen molar-refractivity contribution >= 4 is 27.7 Å². The molecule has 6 heterocycles. The van der Waals surface area contributed by atoms with Crippen LogP contribution in [-0.4, -0.2) is 112 Å². The second kappa shape index (κ2) is 12.5. The van der Waals surface area contributed by atoms with Crippen LogP contribution in [0.2, 0.25) is 0 Å². The highest BCUT2D eigenvalue weighted by molar-refractivity contribution is 6.07. The van der Waals surface area contributed by atoms with Gasteiger partial charge in [0.25, 0.3) is 11.5 Å². The number of aromatic amines is 1. The quantitative estimate of drug-likeness (QED) is 0.348. The number of hydrogen-bond donors (Lipinski definition) is 1. The number of carbonyl (C=O) groups is 1. The van der Waals surface area contributed by atoms with Crippen molar-refractivity contribution in [1.29, 1.82) is 0 Å². The molecule has 4 aromatic rings. The number of benzene rings is 1. The maximum atomic E-state index is 14.0. The number of hydrogen-bond acceptors (Lipinski definition) is 7. The molecule has 3 aliphatic rings. The Morgan fingerprint density at radius 3 is 2.61 bits per heavy atom. The molecular formula is C33H43N7O4. The summed E-state index contributed by atoms with van der Waals surface area (Å²) in [4.78, 5) is 37.0. The zero-order chi connectivity index (χ0) is 30.2. The number of H-pyrrole nitrogens is 1. The van der Waals surface area contributed by atoms with Gasteiger partial charge in [0.05, 0.1) is 41.9 Å².